The average Bonchev–Trinajstić information content (AvgIpc) is 2.17. The molecule has 15 heavy (non-hydrogen) atoms. The molecule has 0 aromatic heterocycles. The van der Waals surface area contributed by atoms with Gasteiger partial charge in [0, 0.05) is 0 Å². The summed E-state index contributed by atoms with van der Waals surface area (Å²) in [7, 11) is 0. The Kier molecular flexibility index (Phi) is 3.04. The molecule has 4 atom stereocenters. The molecule has 0 spiro atoms. The molecule has 0 aromatic rings. The van der Waals surface area contributed by atoms with Crippen molar-refractivity contribution in [1.82, 2.24) is 0 Å². The van der Waals surface area contributed by atoms with Crippen LogP contribution in [0.5, 0.6) is 0 Å². The highest BCUT2D eigenvalue weighted by Gasteiger charge is 2.37. The number of hydrogen-bond donors (Lipinski definition) is 0. The second kappa shape index (κ2) is 4.15. The van der Waals surface area contributed by atoms with Crippen LogP contribution in [-0.4, -0.2) is 0 Å². The van der Waals surface area contributed by atoms with Gasteiger partial charge in [-0.2, -0.15) is 0 Å². The largest absolute Gasteiger partial charge is 0.0998 e. The van der Waals surface area contributed by atoms with Crippen molar-refractivity contribution in [3.8, 4) is 0 Å². The second-order valence-corrected chi connectivity index (χ2v) is 5.80. The van der Waals surface area contributed by atoms with Gasteiger partial charge in [-0.25, -0.2) is 0 Å². The third-order valence-corrected chi connectivity index (χ3v) is 4.60. The lowest BCUT2D eigenvalue weighted by molar-refractivity contribution is 0.135. The van der Waals surface area contributed by atoms with E-state index in [1.807, 2.05) is 0 Å². The van der Waals surface area contributed by atoms with Crippen molar-refractivity contribution in [2.75, 3.05) is 0 Å². The zero-order valence-electron chi connectivity index (χ0n) is 10.4. The fraction of sp³-hybridized carbons (Fsp3) is 0.733. The van der Waals surface area contributed by atoms with Gasteiger partial charge in [0.05, 0.1) is 0 Å². The molecule has 0 bridgehead atoms. The van der Waals surface area contributed by atoms with Crippen LogP contribution in [0.15, 0.2) is 23.8 Å². The van der Waals surface area contributed by atoms with Gasteiger partial charge >= 0.3 is 0 Å². The highest BCUT2D eigenvalue weighted by atomic mass is 14.4. The Hall–Kier alpha value is -0.520. The molecular formula is C15H24. The molecule has 0 N–H and O–H groups in total. The molecule has 0 saturated heterocycles. The number of rotatable bonds is 1. The summed E-state index contributed by atoms with van der Waals surface area (Å²) in [6.07, 6.45) is 8.07. The molecular weight excluding hydrogens is 180 g/mol. The van der Waals surface area contributed by atoms with Crippen molar-refractivity contribution in [3.05, 3.63) is 23.8 Å². The van der Waals surface area contributed by atoms with E-state index >= 15 is 0 Å². The van der Waals surface area contributed by atoms with Crippen LogP contribution in [0, 0.1) is 23.7 Å². The molecule has 2 aliphatic carbocycles. The molecule has 2 rings (SSSR count). The summed E-state index contributed by atoms with van der Waals surface area (Å²) in [4.78, 5) is 0. The van der Waals surface area contributed by atoms with Gasteiger partial charge < -0.3 is 0 Å². The van der Waals surface area contributed by atoms with Crippen LogP contribution in [0.25, 0.3) is 0 Å². The molecule has 1 unspecified atom stereocenters. The molecule has 0 heterocycles. The predicted molar refractivity (Wildman–Crippen MR) is 66.7 cm³/mol. The van der Waals surface area contributed by atoms with Gasteiger partial charge in [-0.3, -0.25) is 0 Å². The first-order valence-electron chi connectivity index (χ1n) is 6.42. The third kappa shape index (κ3) is 2.04. The summed E-state index contributed by atoms with van der Waals surface area (Å²) in [6.45, 7) is 11.2. The summed E-state index contributed by atoms with van der Waals surface area (Å²) < 4.78 is 0. The minimum Gasteiger partial charge on any atom is -0.0998 e. The van der Waals surface area contributed by atoms with E-state index in [0.29, 0.717) is 0 Å². The number of hydrogen-bond acceptors (Lipinski definition) is 0. The summed E-state index contributed by atoms with van der Waals surface area (Å²) >= 11 is 0. The van der Waals surface area contributed by atoms with Gasteiger partial charge in [0.1, 0.15) is 0 Å². The van der Waals surface area contributed by atoms with Gasteiger partial charge in [0.2, 0.25) is 0 Å². The maximum absolute atomic E-state index is 4.19. The van der Waals surface area contributed by atoms with Crippen molar-refractivity contribution >= 4 is 0 Å². The van der Waals surface area contributed by atoms with E-state index in [-0.39, 0.29) is 0 Å². The summed E-state index contributed by atoms with van der Waals surface area (Å²) in [5.74, 6) is 3.43. The Morgan fingerprint density at radius 2 is 2.07 bits per heavy atom. The molecule has 0 aromatic carbocycles. The number of allylic oxidation sites excluding steroid dienone is 3. The fourth-order valence-electron chi connectivity index (χ4n) is 3.62. The van der Waals surface area contributed by atoms with Gasteiger partial charge in [0.25, 0.3) is 0 Å². The van der Waals surface area contributed by atoms with E-state index in [2.05, 4.69) is 33.4 Å². The van der Waals surface area contributed by atoms with Crippen molar-refractivity contribution in [3.63, 3.8) is 0 Å². The fourth-order valence-corrected chi connectivity index (χ4v) is 3.62. The average molecular weight is 204 g/mol. The van der Waals surface area contributed by atoms with Gasteiger partial charge in [0.15, 0.2) is 0 Å². The standard InChI is InChI=1S/C15H24/c1-10(2)13-8-6-12(4)14-7-5-11(3)9-15(13)14/h9,12-15H,1,5-8H2,2-4H3/t12?,13-,14-,15+/m1/s1. The van der Waals surface area contributed by atoms with Gasteiger partial charge in [-0.1, -0.05) is 30.7 Å². The Morgan fingerprint density at radius 1 is 1.33 bits per heavy atom. The van der Waals surface area contributed by atoms with Crippen LogP contribution in [0.1, 0.15) is 46.5 Å². The lowest BCUT2D eigenvalue weighted by atomic mass is 9.61. The minimum absolute atomic E-state index is 0.765. The van der Waals surface area contributed by atoms with Crippen LogP contribution < -0.4 is 0 Å². The first kappa shape index (κ1) is 11.0. The Morgan fingerprint density at radius 3 is 2.73 bits per heavy atom. The van der Waals surface area contributed by atoms with Crippen LogP contribution in [0.2, 0.25) is 0 Å². The molecule has 0 nitrogen and oxygen atoms in total. The maximum Gasteiger partial charge on any atom is -0.0134 e. The van der Waals surface area contributed by atoms with E-state index in [4.69, 9.17) is 0 Å². The van der Waals surface area contributed by atoms with Crippen molar-refractivity contribution < 1.29 is 0 Å². The minimum atomic E-state index is 0.765. The van der Waals surface area contributed by atoms with E-state index in [9.17, 15) is 0 Å². The lowest BCUT2D eigenvalue weighted by Crippen LogP contribution is -2.34. The normalized spacial score (nSPS) is 40.6. The molecule has 0 radical (unpaired) electrons. The predicted octanol–water partition coefficient (Wildman–Crippen LogP) is 4.58. The molecule has 1 fully saturated rings. The van der Waals surface area contributed by atoms with Crippen LogP contribution in [-0.2, 0) is 0 Å². The van der Waals surface area contributed by atoms with Gasteiger partial charge in [-0.15, -0.1) is 0 Å². The van der Waals surface area contributed by atoms with E-state index in [0.717, 1.165) is 23.7 Å². The van der Waals surface area contributed by atoms with Crippen LogP contribution >= 0.6 is 0 Å². The maximum atomic E-state index is 4.19. The molecule has 0 aliphatic heterocycles. The lowest BCUT2D eigenvalue weighted by Gasteiger charge is -2.44. The highest BCUT2D eigenvalue weighted by molar-refractivity contribution is 5.15. The molecule has 0 amide bonds. The SMILES string of the molecule is C=C(C)[C@H]1CCC(C)[C@H]2CCC(C)=C[C@@H]12. The van der Waals surface area contributed by atoms with E-state index in [1.54, 1.807) is 5.57 Å². The van der Waals surface area contributed by atoms with Crippen molar-refractivity contribution in [2.45, 2.75) is 46.5 Å². The highest BCUT2D eigenvalue weighted by Crippen LogP contribution is 2.47. The summed E-state index contributed by atoms with van der Waals surface area (Å²) in [5.41, 5.74) is 3.01. The zero-order chi connectivity index (χ0) is 11.0. The van der Waals surface area contributed by atoms with Gasteiger partial charge in [-0.05, 0) is 63.2 Å². The van der Waals surface area contributed by atoms with Crippen LogP contribution in [0.4, 0.5) is 0 Å². The summed E-state index contributed by atoms with van der Waals surface area (Å²) in [6, 6.07) is 0. The quantitative estimate of drug-likeness (QED) is 0.548. The van der Waals surface area contributed by atoms with E-state index in [1.165, 1.54) is 31.3 Å². The van der Waals surface area contributed by atoms with E-state index < -0.39 is 0 Å². The zero-order valence-corrected chi connectivity index (χ0v) is 10.4. The smallest absolute Gasteiger partial charge is 0.0134 e. The molecule has 84 valence electrons. The Bertz CT molecular complexity index is 284. The Balaban J connectivity index is 2.24. The van der Waals surface area contributed by atoms with Crippen molar-refractivity contribution in [2.24, 2.45) is 23.7 Å². The summed E-state index contributed by atoms with van der Waals surface area (Å²) in [5, 5.41) is 0. The second-order valence-electron chi connectivity index (χ2n) is 5.80. The Labute approximate surface area is 94.5 Å². The third-order valence-electron chi connectivity index (χ3n) is 4.60. The first-order chi connectivity index (χ1) is 7.09. The van der Waals surface area contributed by atoms with Crippen molar-refractivity contribution in [1.29, 1.82) is 0 Å². The molecule has 2 aliphatic rings. The first-order valence-corrected chi connectivity index (χ1v) is 6.42. The molecule has 1 saturated carbocycles. The van der Waals surface area contributed by atoms with Crippen LogP contribution in [0.3, 0.4) is 0 Å². The monoisotopic (exact) mass is 204 g/mol. The topological polar surface area (TPSA) is 0 Å². The number of fused-ring (bicyclic) bond motifs is 1. The molecule has 0 heteroatoms.